The first-order valence-electron chi connectivity index (χ1n) is 10.2. The maximum absolute atomic E-state index is 6.49. The van der Waals surface area contributed by atoms with Crippen molar-refractivity contribution in [3.63, 3.8) is 0 Å². The number of benzene rings is 3. The van der Waals surface area contributed by atoms with Crippen molar-refractivity contribution in [2.45, 2.75) is 13.8 Å². The molecule has 0 amide bonds. The van der Waals surface area contributed by atoms with Crippen molar-refractivity contribution in [3.05, 3.63) is 84.2 Å². The highest BCUT2D eigenvalue weighted by molar-refractivity contribution is 6.23. The fraction of sp³-hybridized carbons (Fsp3) is 0.111. The van der Waals surface area contributed by atoms with Gasteiger partial charge in [-0.2, -0.15) is 0 Å². The molecule has 0 saturated heterocycles. The van der Waals surface area contributed by atoms with Gasteiger partial charge in [0.15, 0.2) is 11.8 Å². The van der Waals surface area contributed by atoms with Crippen LogP contribution < -0.4 is 4.57 Å². The average Bonchev–Trinajstić information content (AvgIpc) is 3.13. The first kappa shape index (κ1) is 17.2. The Hall–Kier alpha value is -3.72. The third-order valence-electron chi connectivity index (χ3n) is 6.18. The van der Waals surface area contributed by atoms with Gasteiger partial charge in [-0.25, -0.2) is 9.55 Å². The Balaban J connectivity index is 1.92. The minimum Gasteiger partial charge on any atom is -0.437 e. The number of hydrogen-bond donors (Lipinski definition) is 0. The number of furan rings is 1. The zero-order valence-corrected chi connectivity index (χ0v) is 17.2. The second kappa shape index (κ2) is 6.14. The van der Waals surface area contributed by atoms with Crippen molar-refractivity contribution in [1.82, 2.24) is 4.98 Å². The van der Waals surface area contributed by atoms with Crippen LogP contribution in [0.3, 0.4) is 0 Å². The second-order valence-electron chi connectivity index (χ2n) is 8.02. The van der Waals surface area contributed by atoms with Crippen molar-refractivity contribution in [1.29, 1.82) is 0 Å². The smallest absolute Gasteiger partial charge is 0.227 e. The van der Waals surface area contributed by atoms with Crippen molar-refractivity contribution in [2.75, 3.05) is 0 Å². The molecular formula is C27H21N2O+. The number of aromatic nitrogens is 2. The predicted octanol–water partition coefficient (Wildman–Crippen LogP) is 6.40. The molecule has 0 unspecified atom stereocenters. The Morgan fingerprint density at radius 1 is 0.767 bits per heavy atom. The van der Waals surface area contributed by atoms with Gasteiger partial charge in [-0.3, -0.25) is 0 Å². The highest BCUT2D eigenvalue weighted by Gasteiger charge is 2.26. The molecule has 0 N–H and O–H groups in total. The summed E-state index contributed by atoms with van der Waals surface area (Å²) in [5, 5.41) is 7.10. The van der Waals surface area contributed by atoms with Crippen LogP contribution >= 0.6 is 0 Å². The van der Waals surface area contributed by atoms with E-state index < -0.39 is 0 Å². The molecule has 0 aliphatic carbocycles. The lowest BCUT2D eigenvalue weighted by atomic mass is 9.91. The van der Waals surface area contributed by atoms with Gasteiger partial charge < -0.3 is 4.42 Å². The predicted molar refractivity (Wildman–Crippen MR) is 123 cm³/mol. The third-order valence-corrected chi connectivity index (χ3v) is 6.18. The molecule has 0 radical (unpaired) electrons. The molecule has 3 aromatic heterocycles. The molecule has 0 bridgehead atoms. The van der Waals surface area contributed by atoms with Crippen LogP contribution in [0, 0.1) is 13.8 Å². The minimum atomic E-state index is 0.699. The van der Waals surface area contributed by atoms with Crippen LogP contribution in [-0.2, 0) is 7.05 Å². The molecule has 6 rings (SSSR count). The molecule has 30 heavy (non-hydrogen) atoms. The molecule has 0 spiro atoms. The Morgan fingerprint density at radius 3 is 2.33 bits per heavy atom. The van der Waals surface area contributed by atoms with Crippen molar-refractivity contribution in [3.8, 4) is 11.3 Å². The number of rotatable bonds is 1. The number of nitrogens with zero attached hydrogens (tertiary/aromatic N) is 2. The fourth-order valence-corrected chi connectivity index (χ4v) is 4.76. The maximum atomic E-state index is 6.49. The van der Waals surface area contributed by atoms with E-state index in [0.29, 0.717) is 5.71 Å². The quantitative estimate of drug-likeness (QED) is 0.305. The Kier molecular flexibility index (Phi) is 3.51. The van der Waals surface area contributed by atoms with Gasteiger partial charge in [0.25, 0.3) is 0 Å². The normalized spacial score (nSPS) is 11.8. The van der Waals surface area contributed by atoms with Gasteiger partial charge in [0.2, 0.25) is 11.4 Å². The van der Waals surface area contributed by atoms with E-state index >= 15 is 0 Å². The fourth-order valence-electron chi connectivity index (χ4n) is 4.76. The largest absolute Gasteiger partial charge is 0.437 e. The summed E-state index contributed by atoms with van der Waals surface area (Å²) < 4.78 is 8.69. The van der Waals surface area contributed by atoms with Gasteiger partial charge in [0, 0.05) is 22.5 Å². The van der Waals surface area contributed by atoms with Gasteiger partial charge in [-0.15, -0.1) is 0 Å². The van der Waals surface area contributed by atoms with E-state index in [1.54, 1.807) is 0 Å². The average molecular weight is 389 g/mol. The summed E-state index contributed by atoms with van der Waals surface area (Å²) >= 11 is 0. The van der Waals surface area contributed by atoms with E-state index in [0.717, 1.165) is 33.3 Å². The summed E-state index contributed by atoms with van der Waals surface area (Å²) in [6.45, 7) is 4.20. The first-order chi connectivity index (χ1) is 14.6. The lowest BCUT2D eigenvalue weighted by Crippen LogP contribution is -2.30. The van der Waals surface area contributed by atoms with E-state index in [4.69, 9.17) is 9.40 Å². The van der Waals surface area contributed by atoms with E-state index in [9.17, 15) is 0 Å². The van der Waals surface area contributed by atoms with Gasteiger partial charge in [-0.1, -0.05) is 42.5 Å². The molecule has 0 fully saturated rings. The van der Waals surface area contributed by atoms with Crippen LogP contribution in [-0.4, -0.2) is 4.98 Å². The molecule has 3 aromatic carbocycles. The standard InChI is InChI=1S/C27H21N2O/c1-16-12-13-22-24-21-11-7-6-9-19(21)17(2)23(26(24)30-27(22)28-16)25-20-10-5-4-8-18(20)14-15-29(25)3/h4-15H,1-3H3/q+1. The summed E-state index contributed by atoms with van der Waals surface area (Å²) in [5.41, 5.74) is 6.09. The molecular weight excluding hydrogens is 368 g/mol. The summed E-state index contributed by atoms with van der Waals surface area (Å²) in [7, 11) is 2.10. The van der Waals surface area contributed by atoms with Crippen molar-refractivity contribution < 1.29 is 8.98 Å². The van der Waals surface area contributed by atoms with Crippen LogP contribution in [0.4, 0.5) is 0 Å². The first-order valence-corrected chi connectivity index (χ1v) is 10.2. The van der Waals surface area contributed by atoms with Gasteiger partial charge in [0.05, 0.1) is 10.9 Å². The van der Waals surface area contributed by atoms with Crippen LogP contribution in [0.25, 0.3) is 54.9 Å². The molecule has 0 atom stereocenters. The van der Waals surface area contributed by atoms with Crippen molar-refractivity contribution >= 4 is 43.6 Å². The Labute approximate surface area is 174 Å². The summed E-state index contributed by atoms with van der Waals surface area (Å²) in [6, 6.07) is 23.5. The molecule has 0 saturated carbocycles. The number of aryl methyl sites for hydroxylation is 3. The SMILES string of the molecule is Cc1ccc2c(n1)oc1c(-c3c4ccccc4cc[n+]3C)c(C)c3ccccc3c12. The van der Waals surface area contributed by atoms with Crippen LogP contribution in [0.5, 0.6) is 0 Å². The zero-order chi connectivity index (χ0) is 20.4. The van der Waals surface area contributed by atoms with E-state index in [1.165, 1.54) is 27.1 Å². The molecule has 144 valence electrons. The number of fused-ring (bicyclic) bond motifs is 6. The van der Waals surface area contributed by atoms with Crippen LogP contribution in [0.2, 0.25) is 0 Å². The number of pyridine rings is 2. The Morgan fingerprint density at radius 2 is 1.50 bits per heavy atom. The van der Waals surface area contributed by atoms with Gasteiger partial charge in [0.1, 0.15) is 7.05 Å². The molecule has 3 nitrogen and oxygen atoms in total. The zero-order valence-electron chi connectivity index (χ0n) is 17.2. The maximum Gasteiger partial charge on any atom is 0.227 e. The molecule has 0 aliphatic rings. The summed E-state index contributed by atoms with van der Waals surface area (Å²) in [5.74, 6) is 0. The summed E-state index contributed by atoms with van der Waals surface area (Å²) in [4.78, 5) is 4.70. The lowest BCUT2D eigenvalue weighted by Gasteiger charge is -2.12. The molecule has 3 heterocycles. The second-order valence-corrected chi connectivity index (χ2v) is 8.02. The van der Waals surface area contributed by atoms with Gasteiger partial charge >= 0.3 is 0 Å². The monoisotopic (exact) mass is 389 g/mol. The topological polar surface area (TPSA) is 29.9 Å². The van der Waals surface area contributed by atoms with Gasteiger partial charge in [-0.05, 0) is 53.8 Å². The molecule has 3 heteroatoms. The van der Waals surface area contributed by atoms with E-state index in [2.05, 4.69) is 91.5 Å². The highest BCUT2D eigenvalue weighted by Crippen LogP contribution is 2.43. The summed E-state index contributed by atoms with van der Waals surface area (Å²) in [6.07, 6.45) is 2.13. The third kappa shape index (κ3) is 2.26. The van der Waals surface area contributed by atoms with E-state index in [-0.39, 0.29) is 0 Å². The molecule has 6 aromatic rings. The highest BCUT2D eigenvalue weighted by atomic mass is 16.3. The minimum absolute atomic E-state index is 0.699. The van der Waals surface area contributed by atoms with Crippen LogP contribution in [0.1, 0.15) is 11.3 Å². The number of hydrogen-bond acceptors (Lipinski definition) is 2. The lowest BCUT2D eigenvalue weighted by molar-refractivity contribution is -0.659. The molecule has 0 aliphatic heterocycles. The Bertz CT molecular complexity index is 1630. The van der Waals surface area contributed by atoms with Crippen LogP contribution in [0.15, 0.2) is 77.3 Å². The van der Waals surface area contributed by atoms with Crippen molar-refractivity contribution in [2.24, 2.45) is 7.05 Å². The van der Waals surface area contributed by atoms with E-state index in [1.807, 2.05) is 6.92 Å².